The SMILES string of the molecule is C/C=C(/[B]OC(C)(C)C(C)(N)OC)c1c(C)ncnc1N1CCNCC1. The molecule has 0 saturated carbocycles. The van der Waals surface area contributed by atoms with Crippen LogP contribution in [-0.2, 0) is 9.39 Å². The van der Waals surface area contributed by atoms with Gasteiger partial charge in [-0.05, 0) is 40.1 Å². The number of nitrogens with one attached hydrogen (secondary N) is 1. The van der Waals surface area contributed by atoms with E-state index in [0.717, 1.165) is 48.7 Å². The third-order valence-corrected chi connectivity index (χ3v) is 5.13. The second kappa shape index (κ2) is 8.48. The molecule has 143 valence electrons. The summed E-state index contributed by atoms with van der Waals surface area (Å²) < 4.78 is 11.5. The highest BCUT2D eigenvalue weighted by Crippen LogP contribution is 2.30. The first-order chi connectivity index (χ1) is 12.2. The molecule has 1 atom stereocenters. The Labute approximate surface area is 157 Å². The molecule has 0 aliphatic carbocycles. The van der Waals surface area contributed by atoms with E-state index in [1.54, 1.807) is 27.8 Å². The van der Waals surface area contributed by atoms with Crippen molar-refractivity contribution in [2.45, 2.75) is 45.9 Å². The lowest BCUT2D eigenvalue weighted by Gasteiger charge is -2.40. The van der Waals surface area contributed by atoms with Gasteiger partial charge in [-0.3, -0.25) is 0 Å². The molecule has 1 unspecified atom stereocenters. The summed E-state index contributed by atoms with van der Waals surface area (Å²) in [4.78, 5) is 11.2. The molecule has 0 amide bonds. The third-order valence-electron chi connectivity index (χ3n) is 5.13. The first-order valence-corrected chi connectivity index (χ1v) is 9.02. The van der Waals surface area contributed by atoms with Crippen LogP contribution in [0, 0.1) is 6.92 Å². The fourth-order valence-corrected chi connectivity index (χ4v) is 2.76. The minimum Gasteiger partial charge on any atom is -0.425 e. The lowest BCUT2D eigenvalue weighted by molar-refractivity contribution is -0.122. The van der Waals surface area contributed by atoms with Crippen LogP contribution in [0.4, 0.5) is 5.82 Å². The van der Waals surface area contributed by atoms with Crippen molar-refractivity contribution in [2.75, 3.05) is 38.2 Å². The number of aryl methyl sites for hydroxylation is 1. The van der Waals surface area contributed by atoms with Crippen LogP contribution in [0.15, 0.2) is 12.4 Å². The molecule has 0 bridgehead atoms. The summed E-state index contributed by atoms with van der Waals surface area (Å²) >= 11 is 0. The summed E-state index contributed by atoms with van der Waals surface area (Å²) in [6.07, 6.45) is 3.63. The van der Waals surface area contributed by atoms with Gasteiger partial charge < -0.3 is 25.3 Å². The standard InChI is InChI=1S/C18H31BN5O2/c1-7-14(19-26-17(3,4)18(5,20)25-6)15-13(2)22-12-23-16(15)24-10-8-21-9-11-24/h7,12,21H,8-11,20H2,1-6H3/b14-7+. The molecule has 0 spiro atoms. The van der Waals surface area contributed by atoms with E-state index in [9.17, 15) is 0 Å². The number of piperazine rings is 1. The number of ether oxygens (including phenoxy) is 1. The Bertz CT molecular complexity index is 642. The molecule has 2 heterocycles. The van der Waals surface area contributed by atoms with Crippen molar-refractivity contribution < 1.29 is 9.39 Å². The van der Waals surface area contributed by atoms with E-state index in [1.807, 2.05) is 33.8 Å². The van der Waals surface area contributed by atoms with Gasteiger partial charge >= 0.3 is 7.48 Å². The van der Waals surface area contributed by atoms with E-state index in [-0.39, 0.29) is 0 Å². The largest absolute Gasteiger partial charge is 0.425 e. The molecular weight excluding hydrogens is 329 g/mol. The summed E-state index contributed by atoms with van der Waals surface area (Å²) in [5, 5.41) is 3.37. The Hall–Kier alpha value is -1.48. The van der Waals surface area contributed by atoms with Crippen LogP contribution < -0.4 is 16.0 Å². The van der Waals surface area contributed by atoms with E-state index >= 15 is 0 Å². The smallest absolute Gasteiger partial charge is 0.331 e. The number of methoxy groups -OCH3 is 1. The van der Waals surface area contributed by atoms with Crippen molar-refractivity contribution in [2.24, 2.45) is 5.73 Å². The van der Waals surface area contributed by atoms with Crippen molar-refractivity contribution in [3.63, 3.8) is 0 Å². The first-order valence-electron chi connectivity index (χ1n) is 9.02. The van der Waals surface area contributed by atoms with Crippen LogP contribution in [0.25, 0.3) is 5.47 Å². The third kappa shape index (κ3) is 4.43. The van der Waals surface area contributed by atoms with Crippen molar-refractivity contribution in [3.8, 4) is 0 Å². The second-order valence-corrected chi connectivity index (χ2v) is 7.20. The van der Waals surface area contributed by atoms with Crippen molar-refractivity contribution >= 4 is 18.8 Å². The predicted octanol–water partition coefficient (Wildman–Crippen LogP) is 1.29. The second-order valence-electron chi connectivity index (χ2n) is 7.20. The Kier molecular flexibility index (Phi) is 6.79. The van der Waals surface area contributed by atoms with E-state index in [4.69, 9.17) is 15.1 Å². The number of hydrogen-bond acceptors (Lipinski definition) is 7. The van der Waals surface area contributed by atoms with Crippen molar-refractivity contribution in [1.82, 2.24) is 15.3 Å². The highest BCUT2D eigenvalue weighted by Gasteiger charge is 2.39. The maximum absolute atomic E-state index is 6.21. The number of nitrogens with two attached hydrogens (primary N) is 1. The average molecular weight is 360 g/mol. The number of rotatable bonds is 7. The lowest BCUT2D eigenvalue weighted by Crippen LogP contribution is -2.58. The predicted molar refractivity (Wildman–Crippen MR) is 106 cm³/mol. The molecule has 2 rings (SSSR count). The van der Waals surface area contributed by atoms with Gasteiger partial charge in [-0.25, -0.2) is 9.97 Å². The fourth-order valence-electron chi connectivity index (χ4n) is 2.76. The maximum Gasteiger partial charge on any atom is 0.331 e. The van der Waals surface area contributed by atoms with Gasteiger partial charge in [-0.1, -0.05) is 6.08 Å². The number of aromatic nitrogens is 2. The summed E-state index contributed by atoms with van der Waals surface area (Å²) in [5.41, 5.74) is 7.41. The minimum atomic E-state index is -0.925. The molecule has 1 aliphatic rings. The van der Waals surface area contributed by atoms with Crippen molar-refractivity contribution in [1.29, 1.82) is 0 Å². The number of allylic oxidation sites excluding steroid dienone is 1. The highest BCUT2D eigenvalue weighted by molar-refractivity contribution is 6.55. The lowest BCUT2D eigenvalue weighted by atomic mass is 9.79. The molecular formula is C18H31BN5O2. The Morgan fingerprint density at radius 2 is 1.96 bits per heavy atom. The molecule has 7 nitrogen and oxygen atoms in total. The molecule has 1 radical (unpaired) electrons. The summed E-state index contributed by atoms with van der Waals surface area (Å²) in [6, 6.07) is 0. The molecule has 1 aromatic heterocycles. The van der Waals surface area contributed by atoms with Crippen LogP contribution in [0.5, 0.6) is 0 Å². The van der Waals surface area contributed by atoms with Crippen LogP contribution in [-0.4, -0.2) is 62.1 Å². The van der Waals surface area contributed by atoms with Gasteiger partial charge in [0.05, 0.1) is 5.60 Å². The molecule has 1 aromatic rings. The molecule has 3 N–H and O–H groups in total. The zero-order valence-electron chi connectivity index (χ0n) is 16.8. The molecule has 26 heavy (non-hydrogen) atoms. The van der Waals surface area contributed by atoms with Gasteiger partial charge in [0.25, 0.3) is 0 Å². The van der Waals surface area contributed by atoms with Gasteiger partial charge in [0.2, 0.25) is 0 Å². The molecule has 1 saturated heterocycles. The van der Waals surface area contributed by atoms with Gasteiger partial charge in [0.1, 0.15) is 17.9 Å². The van der Waals surface area contributed by atoms with E-state index in [1.165, 1.54) is 0 Å². The van der Waals surface area contributed by atoms with Gasteiger partial charge in [0.15, 0.2) is 0 Å². The summed E-state index contributed by atoms with van der Waals surface area (Å²) in [5.74, 6) is 0.937. The Morgan fingerprint density at radius 1 is 1.31 bits per heavy atom. The van der Waals surface area contributed by atoms with E-state index < -0.39 is 11.3 Å². The van der Waals surface area contributed by atoms with E-state index in [0.29, 0.717) is 0 Å². The molecule has 8 heteroatoms. The maximum atomic E-state index is 6.21. The zero-order chi connectivity index (χ0) is 19.4. The average Bonchev–Trinajstić information content (AvgIpc) is 2.63. The van der Waals surface area contributed by atoms with Gasteiger partial charge in [-0.15, -0.1) is 0 Å². The fraction of sp³-hybridized carbons (Fsp3) is 0.667. The van der Waals surface area contributed by atoms with Crippen molar-refractivity contribution in [3.05, 3.63) is 23.7 Å². The van der Waals surface area contributed by atoms with Gasteiger partial charge in [-0.2, -0.15) is 0 Å². The minimum absolute atomic E-state index is 0.714. The number of anilines is 1. The highest BCUT2D eigenvalue weighted by atomic mass is 16.5. The molecule has 0 aromatic carbocycles. The van der Waals surface area contributed by atoms with Crippen LogP contribution >= 0.6 is 0 Å². The Balaban J connectivity index is 2.28. The van der Waals surface area contributed by atoms with E-state index in [2.05, 4.69) is 20.2 Å². The monoisotopic (exact) mass is 360 g/mol. The topological polar surface area (TPSA) is 85.5 Å². The van der Waals surface area contributed by atoms with Gasteiger partial charge in [0, 0.05) is 44.5 Å². The first kappa shape index (κ1) is 20.8. The van der Waals surface area contributed by atoms with Crippen LogP contribution in [0.3, 0.4) is 0 Å². The summed E-state index contributed by atoms with van der Waals surface area (Å²) in [7, 11) is 3.32. The number of hydrogen-bond donors (Lipinski definition) is 2. The zero-order valence-corrected chi connectivity index (χ0v) is 16.8. The quantitative estimate of drug-likeness (QED) is 0.560. The number of nitrogens with zero attached hydrogens (tertiary/aromatic N) is 3. The normalized spacial score (nSPS) is 18.6. The molecule has 1 aliphatic heterocycles. The Morgan fingerprint density at radius 3 is 2.54 bits per heavy atom. The molecule has 1 fully saturated rings. The van der Waals surface area contributed by atoms with Crippen LogP contribution in [0.1, 0.15) is 39.0 Å². The summed E-state index contributed by atoms with van der Waals surface area (Å²) in [6.45, 7) is 13.3. The van der Waals surface area contributed by atoms with Crippen LogP contribution in [0.2, 0.25) is 0 Å².